The lowest BCUT2D eigenvalue weighted by molar-refractivity contribution is -0.112. The van der Waals surface area contributed by atoms with Crippen molar-refractivity contribution in [2.45, 2.75) is 6.61 Å². The number of phenolic OH excluding ortho intramolecular Hbond substituents is 1. The highest BCUT2D eigenvalue weighted by Crippen LogP contribution is 2.30. The number of methoxy groups -OCH3 is 1. The second-order valence-corrected chi connectivity index (χ2v) is 7.43. The minimum absolute atomic E-state index is 0.0765. The minimum Gasteiger partial charge on any atom is -0.508 e. The molecule has 3 rings (SSSR count). The average molecular weight is 469 g/mol. The van der Waals surface area contributed by atoms with Crippen molar-refractivity contribution in [2.24, 2.45) is 0 Å². The molecule has 0 spiro atoms. The van der Waals surface area contributed by atoms with E-state index >= 15 is 0 Å². The topological polar surface area (TPSA) is 91.6 Å². The highest BCUT2D eigenvalue weighted by atomic mass is 35.5. The van der Waals surface area contributed by atoms with Crippen LogP contribution in [0.25, 0.3) is 6.08 Å². The van der Waals surface area contributed by atoms with Crippen molar-refractivity contribution in [3.8, 4) is 23.3 Å². The number of ether oxygens (including phenoxy) is 2. The third-order valence-electron chi connectivity index (χ3n) is 4.37. The number of phenols is 1. The summed E-state index contributed by atoms with van der Waals surface area (Å²) in [5.74, 6) is 0.433. The Morgan fingerprint density at radius 2 is 1.81 bits per heavy atom. The molecule has 2 N–H and O–H groups in total. The molecule has 0 fully saturated rings. The minimum atomic E-state index is -0.572. The van der Waals surface area contributed by atoms with Crippen LogP contribution in [-0.4, -0.2) is 18.1 Å². The Kier molecular flexibility index (Phi) is 7.61. The number of anilines is 1. The summed E-state index contributed by atoms with van der Waals surface area (Å²) in [6.45, 7) is 0.251. The van der Waals surface area contributed by atoms with Crippen molar-refractivity contribution < 1.29 is 19.4 Å². The Morgan fingerprint density at radius 1 is 1.06 bits per heavy atom. The molecule has 0 heterocycles. The summed E-state index contributed by atoms with van der Waals surface area (Å²) < 4.78 is 11.2. The van der Waals surface area contributed by atoms with E-state index in [9.17, 15) is 15.2 Å². The summed E-state index contributed by atoms with van der Waals surface area (Å²) in [5, 5.41) is 22.3. The van der Waals surface area contributed by atoms with Crippen LogP contribution in [0.5, 0.6) is 17.2 Å². The van der Waals surface area contributed by atoms with Crippen molar-refractivity contribution in [1.29, 1.82) is 5.26 Å². The van der Waals surface area contributed by atoms with Gasteiger partial charge in [0, 0.05) is 5.69 Å². The lowest BCUT2D eigenvalue weighted by Gasteiger charge is -2.12. The Morgan fingerprint density at radius 3 is 2.47 bits per heavy atom. The molecule has 0 aromatic heterocycles. The lowest BCUT2D eigenvalue weighted by atomic mass is 10.1. The zero-order chi connectivity index (χ0) is 23.1. The average Bonchev–Trinajstić information content (AvgIpc) is 2.80. The summed E-state index contributed by atoms with van der Waals surface area (Å²) in [5.41, 5.74) is 1.78. The molecule has 0 aliphatic rings. The number of hydrogen-bond acceptors (Lipinski definition) is 5. The van der Waals surface area contributed by atoms with Gasteiger partial charge in [-0.15, -0.1) is 0 Å². The van der Waals surface area contributed by atoms with Gasteiger partial charge in [-0.1, -0.05) is 35.3 Å². The van der Waals surface area contributed by atoms with Crippen LogP contribution >= 0.6 is 23.2 Å². The van der Waals surface area contributed by atoms with Crippen LogP contribution in [0, 0.1) is 11.3 Å². The number of benzene rings is 3. The number of nitriles is 1. The molecule has 0 unspecified atom stereocenters. The summed E-state index contributed by atoms with van der Waals surface area (Å²) in [6.07, 6.45) is 1.45. The fraction of sp³-hybridized carbons (Fsp3) is 0.0833. The third-order valence-corrected chi connectivity index (χ3v) is 5.11. The molecule has 0 radical (unpaired) electrons. The fourth-order valence-corrected chi connectivity index (χ4v) is 3.06. The molecule has 3 aromatic rings. The molecule has 162 valence electrons. The first kappa shape index (κ1) is 23.0. The number of carbonyl (C=O) groups excluding carboxylic acids is 1. The van der Waals surface area contributed by atoms with Gasteiger partial charge < -0.3 is 19.9 Å². The molecule has 3 aromatic carbocycles. The maximum Gasteiger partial charge on any atom is 0.266 e. The van der Waals surface area contributed by atoms with E-state index in [1.807, 2.05) is 12.1 Å². The van der Waals surface area contributed by atoms with E-state index in [-0.39, 0.29) is 17.9 Å². The zero-order valence-corrected chi connectivity index (χ0v) is 18.4. The standard InChI is InChI=1S/C24H18Cl2N2O4/c1-31-23-12-15(3-9-22(23)32-14-16-2-8-20(25)21(26)11-16)10-17(13-27)24(30)28-18-4-6-19(29)7-5-18/h2-12,29H,14H2,1H3,(H,28,30)/b17-10+. The maximum absolute atomic E-state index is 12.4. The summed E-state index contributed by atoms with van der Waals surface area (Å²) >= 11 is 12.0. The van der Waals surface area contributed by atoms with Crippen LogP contribution in [0.1, 0.15) is 11.1 Å². The van der Waals surface area contributed by atoms with Gasteiger partial charge in [-0.3, -0.25) is 4.79 Å². The van der Waals surface area contributed by atoms with E-state index in [0.717, 1.165) is 5.56 Å². The van der Waals surface area contributed by atoms with Crippen molar-refractivity contribution in [2.75, 3.05) is 12.4 Å². The number of rotatable bonds is 7. The zero-order valence-electron chi connectivity index (χ0n) is 16.9. The predicted molar refractivity (Wildman–Crippen MR) is 124 cm³/mol. The maximum atomic E-state index is 12.4. The highest BCUT2D eigenvalue weighted by molar-refractivity contribution is 6.42. The van der Waals surface area contributed by atoms with Gasteiger partial charge in [0.05, 0.1) is 17.2 Å². The number of nitrogens with zero attached hydrogens (tertiary/aromatic N) is 1. The first-order valence-corrected chi connectivity index (χ1v) is 10.1. The van der Waals surface area contributed by atoms with Gasteiger partial charge >= 0.3 is 0 Å². The number of nitrogens with one attached hydrogen (secondary N) is 1. The molecule has 0 saturated heterocycles. The molecule has 1 amide bonds. The Hall–Kier alpha value is -3.66. The van der Waals surface area contributed by atoms with Gasteiger partial charge in [0.25, 0.3) is 5.91 Å². The Bertz CT molecular complexity index is 1200. The number of aromatic hydroxyl groups is 1. The van der Waals surface area contributed by atoms with E-state index in [0.29, 0.717) is 32.8 Å². The van der Waals surface area contributed by atoms with Crippen molar-refractivity contribution >= 4 is 40.9 Å². The normalized spacial score (nSPS) is 10.9. The Balaban J connectivity index is 1.74. The van der Waals surface area contributed by atoms with Gasteiger partial charge in [-0.05, 0) is 65.7 Å². The van der Waals surface area contributed by atoms with Gasteiger partial charge in [-0.2, -0.15) is 5.26 Å². The summed E-state index contributed by atoms with van der Waals surface area (Å²) in [4.78, 5) is 12.4. The van der Waals surface area contributed by atoms with Crippen LogP contribution in [0.3, 0.4) is 0 Å². The van der Waals surface area contributed by atoms with Gasteiger partial charge in [-0.25, -0.2) is 0 Å². The molecule has 0 atom stereocenters. The van der Waals surface area contributed by atoms with E-state index in [2.05, 4.69) is 5.32 Å². The van der Waals surface area contributed by atoms with E-state index in [1.165, 1.54) is 37.5 Å². The molecule has 32 heavy (non-hydrogen) atoms. The van der Waals surface area contributed by atoms with E-state index in [1.54, 1.807) is 30.3 Å². The van der Waals surface area contributed by atoms with Crippen LogP contribution in [0.2, 0.25) is 10.0 Å². The van der Waals surface area contributed by atoms with Crippen LogP contribution in [0.15, 0.2) is 66.2 Å². The molecule has 0 bridgehead atoms. The van der Waals surface area contributed by atoms with Crippen molar-refractivity contribution in [3.63, 3.8) is 0 Å². The molecule has 0 aliphatic carbocycles. The second kappa shape index (κ2) is 10.6. The van der Waals surface area contributed by atoms with E-state index < -0.39 is 5.91 Å². The molecule has 0 aliphatic heterocycles. The van der Waals surface area contributed by atoms with Crippen molar-refractivity contribution in [3.05, 3.63) is 87.4 Å². The number of halogens is 2. The second-order valence-electron chi connectivity index (χ2n) is 6.62. The largest absolute Gasteiger partial charge is 0.508 e. The van der Waals surface area contributed by atoms with E-state index in [4.69, 9.17) is 32.7 Å². The monoisotopic (exact) mass is 468 g/mol. The molecular weight excluding hydrogens is 451 g/mol. The van der Waals surface area contributed by atoms with Crippen LogP contribution < -0.4 is 14.8 Å². The first-order valence-electron chi connectivity index (χ1n) is 9.36. The predicted octanol–water partition coefficient (Wildman–Crippen LogP) is 5.83. The quantitative estimate of drug-likeness (QED) is 0.258. The van der Waals surface area contributed by atoms with Gasteiger partial charge in [0.2, 0.25) is 0 Å². The smallest absolute Gasteiger partial charge is 0.266 e. The molecule has 8 heteroatoms. The molecule has 0 saturated carbocycles. The van der Waals surface area contributed by atoms with Crippen LogP contribution in [0.4, 0.5) is 5.69 Å². The van der Waals surface area contributed by atoms with Crippen molar-refractivity contribution in [1.82, 2.24) is 0 Å². The molecule has 6 nitrogen and oxygen atoms in total. The summed E-state index contributed by atoms with van der Waals surface area (Å²) in [6, 6.07) is 18.1. The number of carbonyl (C=O) groups is 1. The fourth-order valence-electron chi connectivity index (χ4n) is 2.74. The number of hydrogen-bond donors (Lipinski definition) is 2. The van der Waals surface area contributed by atoms with Crippen LogP contribution in [-0.2, 0) is 11.4 Å². The lowest BCUT2D eigenvalue weighted by Crippen LogP contribution is -2.13. The number of amides is 1. The SMILES string of the molecule is COc1cc(/C=C(\C#N)C(=O)Nc2ccc(O)cc2)ccc1OCc1ccc(Cl)c(Cl)c1. The summed E-state index contributed by atoms with van der Waals surface area (Å²) in [7, 11) is 1.50. The molecular formula is C24H18Cl2N2O4. The Labute approximate surface area is 195 Å². The highest BCUT2D eigenvalue weighted by Gasteiger charge is 2.12. The first-order chi connectivity index (χ1) is 15.4. The van der Waals surface area contributed by atoms with Gasteiger partial charge in [0.1, 0.15) is 24.0 Å². The van der Waals surface area contributed by atoms with Gasteiger partial charge in [0.15, 0.2) is 11.5 Å². The third kappa shape index (κ3) is 5.94.